The van der Waals surface area contributed by atoms with E-state index in [2.05, 4.69) is 165 Å². The maximum absolute atomic E-state index is 2.56. The molecule has 0 radical (unpaired) electrons. The molecule has 0 fully saturated rings. The highest BCUT2D eigenvalue weighted by Crippen LogP contribution is 2.44. The van der Waals surface area contributed by atoms with Gasteiger partial charge in [0, 0.05) is 43.7 Å². The average molecular weight is 557 g/mol. The summed E-state index contributed by atoms with van der Waals surface area (Å²) in [5, 5.41) is 5.35. The smallest absolute Gasteiger partial charge is 0.0534 e. The Morgan fingerprint density at radius 2 is 1.05 bits per heavy atom. The number of nitrogens with zero attached hydrogens (tertiary/aromatic N) is 2. The summed E-state index contributed by atoms with van der Waals surface area (Å²) in [7, 11) is 0. The molecule has 42 heavy (non-hydrogen) atoms. The Morgan fingerprint density at radius 3 is 1.67 bits per heavy atom. The fourth-order valence-corrected chi connectivity index (χ4v) is 6.92. The molecular weight excluding hydrogens is 508 g/mol. The van der Waals surface area contributed by atoms with Crippen molar-refractivity contribution in [2.75, 3.05) is 0 Å². The zero-order valence-electron chi connectivity index (χ0n) is 27.8. The van der Waals surface area contributed by atoms with Crippen LogP contribution in [-0.4, -0.2) is 9.13 Å². The predicted molar refractivity (Wildman–Crippen MR) is 185 cm³/mol. The van der Waals surface area contributed by atoms with Crippen molar-refractivity contribution in [2.24, 2.45) is 0 Å². The fourth-order valence-electron chi connectivity index (χ4n) is 6.92. The molecule has 2 aromatic heterocycles. The molecule has 6 aromatic rings. The fraction of sp³-hybridized carbons (Fsp3) is 0.400. The summed E-state index contributed by atoms with van der Waals surface area (Å²) >= 11 is 0. The molecule has 0 unspecified atom stereocenters. The van der Waals surface area contributed by atoms with E-state index < -0.39 is 0 Å². The quantitative estimate of drug-likeness (QED) is 0.191. The van der Waals surface area contributed by atoms with Crippen LogP contribution in [0.1, 0.15) is 94.2 Å². The Bertz CT molecular complexity index is 2000. The lowest BCUT2D eigenvalue weighted by Crippen LogP contribution is -2.23. The van der Waals surface area contributed by atoms with Gasteiger partial charge in [0.2, 0.25) is 0 Å². The molecule has 0 atom stereocenters. The third-order valence-electron chi connectivity index (χ3n) is 8.88. The van der Waals surface area contributed by atoms with E-state index in [1.54, 1.807) is 0 Å². The summed E-state index contributed by atoms with van der Waals surface area (Å²) in [6, 6.07) is 28.1. The number of rotatable bonds is 1. The summed E-state index contributed by atoms with van der Waals surface area (Å²) in [5.41, 5.74) is 10.6. The van der Waals surface area contributed by atoms with E-state index in [0.29, 0.717) is 0 Å². The lowest BCUT2D eigenvalue weighted by atomic mass is 9.83. The molecule has 0 saturated carbocycles. The molecule has 2 heteroatoms. The van der Waals surface area contributed by atoms with E-state index in [1.807, 2.05) is 0 Å². The van der Waals surface area contributed by atoms with Crippen LogP contribution in [0.4, 0.5) is 0 Å². The largest absolute Gasteiger partial charge is 0.335 e. The third kappa shape index (κ3) is 4.46. The molecular formula is C40H48N2. The van der Waals surface area contributed by atoms with Gasteiger partial charge in [-0.2, -0.15) is 0 Å². The van der Waals surface area contributed by atoms with E-state index in [-0.39, 0.29) is 21.9 Å². The molecule has 0 aliphatic heterocycles. The van der Waals surface area contributed by atoms with Crippen LogP contribution < -0.4 is 0 Å². The molecule has 2 heterocycles. The predicted octanol–water partition coefficient (Wildman–Crippen LogP) is 11.7. The molecule has 0 amide bonds. The number of benzene rings is 4. The average Bonchev–Trinajstić information content (AvgIpc) is 3.39. The van der Waals surface area contributed by atoms with Crippen LogP contribution in [-0.2, 0) is 21.9 Å². The lowest BCUT2D eigenvalue weighted by Gasteiger charge is -2.29. The standard InChI is InChI=1S/C40H48N2/c1-37(2,3)27-18-20-34-30(24-27)29-19-17-25(23-35(29)41(34)39(7,8)9)26-21-31-28-15-13-14-16-33(28)42(40(10,11)12)36(31)32(22-26)38(4,5)6/h13-24H,1-12H3. The van der Waals surface area contributed by atoms with E-state index in [4.69, 9.17) is 0 Å². The molecule has 6 rings (SSSR count). The number of fused-ring (bicyclic) bond motifs is 6. The molecule has 0 N–H and O–H groups in total. The highest BCUT2D eigenvalue weighted by Gasteiger charge is 2.28. The Balaban J connectivity index is 1.70. The van der Waals surface area contributed by atoms with Gasteiger partial charge in [-0.15, -0.1) is 0 Å². The molecule has 0 aliphatic rings. The number of para-hydroxylation sites is 1. The first-order chi connectivity index (χ1) is 19.4. The Kier molecular flexibility index (Phi) is 6.12. The summed E-state index contributed by atoms with van der Waals surface area (Å²) in [4.78, 5) is 0. The van der Waals surface area contributed by atoms with Crippen LogP contribution in [0.15, 0.2) is 72.8 Å². The van der Waals surface area contributed by atoms with Crippen LogP contribution in [0.3, 0.4) is 0 Å². The van der Waals surface area contributed by atoms with Gasteiger partial charge in [-0.3, -0.25) is 0 Å². The maximum atomic E-state index is 2.56. The normalized spacial score (nSPS) is 13.7. The van der Waals surface area contributed by atoms with Crippen LogP contribution in [0, 0.1) is 0 Å². The van der Waals surface area contributed by atoms with E-state index in [0.717, 1.165) is 0 Å². The Hall–Kier alpha value is -3.52. The van der Waals surface area contributed by atoms with Gasteiger partial charge < -0.3 is 9.13 Å². The van der Waals surface area contributed by atoms with Crippen molar-refractivity contribution in [1.82, 2.24) is 9.13 Å². The van der Waals surface area contributed by atoms with Crippen molar-refractivity contribution in [3.63, 3.8) is 0 Å². The van der Waals surface area contributed by atoms with Crippen LogP contribution in [0.25, 0.3) is 54.7 Å². The summed E-state index contributed by atoms with van der Waals surface area (Å²) in [6.07, 6.45) is 0. The lowest BCUT2D eigenvalue weighted by molar-refractivity contribution is 0.420. The second kappa shape index (κ2) is 8.99. The van der Waals surface area contributed by atoms with E-state index >= 15 is 0 Å². The number of aromatic nitrogens is 2. The van der Waals surface area contributed by atoms with Crippen molar-refractivity contribution in [2.45, 2.75) is 105 Å². The number of hydrogen-bond donors (Lipinski definition) is 0. The van der Waals surface area contributed by atoms with Crippen LogP contribution >= 0.6 is 0 Å². The first-order valence-corrected chi connectivity index (χ1v) is 15.5. The van der Waals surface area contributed by atoms with Gasteiger partial charge in [0.05, 0.1) is 11.0 Å². The SMILES string of the molecule is CC(C)(C)c1ccc2c(c1)c1ccc(-c3cc(C(C)(C)C)c4c(c3)c3ccccc3n4C(C)(C)C)cc1n2C(C)(C)C. The maximum Gasteiger partial charge on any atom is 0.0534 e. The Morgan fingerprint density at radius 1 is 0.429 bits per heavy atom. The van der Waals surface area contributed by atoms with Crippen molar-refractivity contribution in [3.8, 4) is 11.1 Å². The minimum absolute atomic E-state index is 0.0145. The van der Waals surface area contributed by atoms with Gasteiger partial charge in [-0.05, 0) is 111 Å². The third-order valence-corrected chi connectivity index (χ3v) is 8.88. The van der Waals surface area contributed by atoms with Gasteiger partial charge in [-0.25, -0.2) is 0 Å². The summed E-state index contributed by atoms with van der Waals surface area (Å²) in [6.45, 7) is 27.9. The molecule has 0 bridgehead atoms. The minimum atomic E-state index is -0.0530. The zero-order valence-corrected chi connectivity index (χ0v) is 27.8. The molecule has 0 spiro atoms. The first kappa shape index (κ1) is 28.6. The number of hydrogen-bond acceptors (Lipinski definition) is 0. The highest BCUT2D eigenvalue weighted by molar-refractivity contribution is 6.12. The molecule has 4 aromatic carbocycles. The van der Waals surface area contributed by atoms with Crippen molar-refractivity contribution in [1.29, 1.82) is 0 Å². The topological polar surface area (TPSA) is 9.86 Å². The van der Waals surface area contributed by atoms with Gasteiger partial charge >= 0.3 is 0 Å². The Labute approximate surface area is 252 Å². The second-order valence-corrected chi connectivity index (χ2v) is 16.4. The zero-order chi connectivity index (χ0) is 30.6. The van der Waals surface area contributed by atoms with Crippen molar-refractivity contribution < 1.29 is 0 Å². The molecule has 0 aliphatic carbocycles. The summed E-state index contributed by atoms with van der Waals surface area (Å²) < 4.78 is 5.11. The van der Waals surface area contributed by atoms with Gasteiger partial charge in [-0.1, -0.05) is 77.9 Å². The monoisotopic (exact) mass is 556 g/mol. The molecule has 218 valence electrons. The molecule has 0 saturated heterocycles. The first-order valence-electron chi connectivity index (χ1n) is 15.5. The van der Waals surface area contributed by atoms with Gasteiger partial charge in [0.25, 0.3) is 0 Å². The second-order valence-electron chi connectivity index (χ2n) is 16.4. The van der Waals surface area contributed by atoms with E-state index in [1.165, 1.54) is 65.9 Å². The summed E-state index contributed by atoms with van der Waals surface area (Å²) in [5.74, 6) is 0. The van der Waals surface area contributed by atoms with Crippen LogP contribution in [0.5, 0.6) is 0 Å². The van der Waals surface area contributed by atoms with Gasteiger partial charge in [0.1, 0.15) is 0 Å². The minimum Gasteiger partial charge on any atom is -0.335 e. The van der Waals surface area contributed by atoms with E-state index in [9.17, 15) is 0 Å². The van der Waals surface area contributed by atoms with Crippen molar-refractivity contribution >= 4 is 43.6 Å². The van der Waals surface area contributed by atoms with Crippen molar-refractivity contribution in [3.05, 3.63) is 83.9 Å². The van der Waals surface area contributed by atoms with Crippen LogP contribution in [0.2, 0.25) is 0 Å². The van der Waals surface area contributed by atoms with Gasteiger partial charge in [0.15, 0.2) is 0 Å². The highest BCUT2D eigenvalue weighted by atomic mass is 15.1. The molecule has 2 nitrogen and oxygen atoms in total.